The molecule has 9 heteroatoms. The Kier molecular flexibility index (Phi) is 9.31. The van der Waals surface area contributed by atoms with Crippen LogP contribution in [0.5, 0.6) is 0 Å². The van der Waals surface area contributed by atoms with Crippen LogP contribution in [-0.4, -0.2) is 50.5 Å². The maximum Gasteiger partial charge on any atom is 0.244 e. The number of nitrogens with one attached hydrogen (secondary N) is 1. The molecule has 0 aliphatic rings. The van der Waals surface area contributed by atoms with Gasteiger partial charge in [-0.3, -0.25) is 13.9 Å². The Morgan fingerprint density at radius 2 is 1.73 bits per heavy atom. The van der Waals surface area contributed by atoms with Gasteiger partial charge < -0.3 is 10.2 Å². The molecular formula is C24H32ClN3O4S. The Labute approximate surface area is 201 Å². The van der Waals surface area contributed by atoms with Crippen LogP contribution in [0.1, 0.15) is 37.0 Å². The van der Waals surface area contributed by atoms with E-state index in [4.69, 9.17) is 11.6 Å². The van der Waals surface area contributed by atoms with Gasteiger partial charge in [-0.15, -0.1) is 0 Å². The van der Waals surface area contributed by atoms with E-state index >= 15 is 0 Å². The molecule has 0 unspecified atom stereocenters. The number of carbonyl (C=O) groups excluding carboxylic acids is 2. The summed E-state index contributed by atoms with van der Waals surface area (Å²) in [7, 11) is -3.80. The second kappa shape index (κ2) is 11.5. The minimum Gasteiger partial charge on any atom is -0.355 e. The molecule has 2 amide bonds. The number of amides is 2. The first-order valence-corrected chi connectivity index (χ1v) is 13.1. The summed E-state index contributed by atoms with van der Waals surface area (Å²) in [4.78, 5) is 27.9. The van der Waals surface area contributed by atoms with Crippen LogP contribution in [0.3, 0.4) is 0 Å². The molecule has 2 rings (SSSR count). The molecule has 0 saturated carbocycles. The molecule has 0 spiro atoms. The van der Waals surface area contributed by atoms with E-state index in [0.717, 1.165) is 21.7 Å². The van der Waals surface area contributed by atoms with E-state index in [-0.39, 0.29) is 12.5 Å². The molecule has 2 aromatic carbocycles. The van der Waals surface area contributed by atoms with Gasteiger partial charge in [-0.25, -0.2) is 8.42 Å². The van der Waals surface area contributed by atoms with Gasteiger partial charge >= 0.3 is 0 Å². The van der Waals surface area contributed by atoms with E-state index in [2.05, 4.69) is 5.32 Å². The van der Waals surface area contributed by atoms with Gasteiger partial charge in [0.05, 0.1) is 11.9 Å². The predicted molar refractivity (Wildman–Crippen MR) is 133 cm³/mol. The maximum absolute atomic E-state index is 13.6. The van der Waals surface area contributed by atoms with Crippen LogP contribution in [0.2, 0.25) is 5.02 Å². The molecule has 0 saturated heterocycles. The molecule has 7 nitrogen and oxygen atoms in total. The standard InChI is InChI=1S/C24H32ClN3O4S/c1-6-21(24(30)26-7-2)27(15-19-11-9-8-10-17(19)3)23(29)16-28(33(5,31)32)22-14-20(25)13-12-18(22)4/h8-14,21H,6-7,15-16H2,1-5H3,(H,26,30)/t21-/m1/s1. The third kappa shape index (κ3) is 6.95. The van der Waals surface area contributed by atoms with Crippen LogP contribution in [0.4, 0.5) is 5.69 Å². The Hall–Kier alpha value is -2.58. The van der Waals surface area contributed by atoms with Crippen LogP contribution in [0.25, 0.3) is 0 Å². The van der Waals surface area contributed by atoms with Crippen molar-refractivity contribution in [3.8, 4) is 0 Å². The summed E-state index contributed by atoms with van der Waals surface area (Å²) in [5.41, 5.74) is 2.87. The predicted octanol–water partition coefficient (Wildman–Crippen LogP) is 3.67. The highest BCUT2D eigenvalue weighted by atomic mass is 35.5. The summed E-state index contributed by atoms with van der Waals surface area (Å²) in [5, 5.41) is 3.15. The van der Waals surface area contributed by atoms with Crippen molar-refractivity contribution in [1.82, 2.24) is 10.2 Å². The molecule has 180 valence electrons. The van der Waals surface area contributed by atoms with Crippen LogP contribution in [0.15, 0.2) is 42.5 Å². The number of carbonyl (C=O) groups is 2. The third-order valence-corrected chi connectivity index (χ3v) is 6.82. The first-order valence-electron chi connectivity index (χ1n) is 10.8. The number of rotatable bonds is 10. The van der Waals surface area contributed by atoms with Gasteiger partial charge in [0.25, 0.3) is 0 Å². The topological polar surface area (TPSA) is 86.8 Å². The van der Waals surface area contributed by atoms with Crippen molar-refractivity contribution in [3.63, 3.8) is 0 Å². The van der Waals surface area contributed by atoms with Crippen molar-refractivity contribution in [2.45, 2.75) is 46.7 Å². The third-order valence-electron chi connectivity index (χ3n) is 5.46. The van der Waals surface area contributed by atoms with Gasteiger partial charge in [0.15, 0.2) is 0 Å². The van der Waals surface area contributed by atoms with Crippen molar-refractivity contribution in [2.75, 3.05) is 23.7 Å². The van der Waals surface area contributed by atoms with Crippen LogP contribution in [0, 0.1) is 13.8 Å². The molecule has 0 bridgehead atoms. The molecule has 0 heterocycles. The van der Waals surface area contributed by atoms with Crippen molar-refractivity contribution < 1.29 is 18.0 Å². The van der Waals surface area contributed by atoms with Crippen LogP contribution in [-0.2, 0) is 26.2 Å². The largest absolute Gasteiger partial charge is 0.355 e. The van der Waals surface area contributed by atoms with Gasteiger partial charge in [0.2, 0.25) is 21.8 Å². The van der Waals surface area contributed by atoms with E-state index in [1.807, 2.05) is 45.0 Å². The number of aryl methyl sites for hydroxylation is 2. The number of hydrogen-bond donors (Lipinski definition) is 1. The smallest absolute Gasteiger partial charge is 0.244 e. The fourth-order valence-electron chi connectivity index (χ4n) is 3.63. The second-order valence-corrected chi connectivity index (χ2v) is 10.3. The molecule has 0 aromatic heterocycles. The van der Waals surface area contributed by atoms with Gasteiger partial charge in [0, 0.05) is 18.1 Å². The summed E-state index contributed by atoms with van der Waals surface area (Å²) in [5.74, 6) is -0.743. The summed E-state index contributed by atoms with van der Waals surface area (Å²) in [6.07, 6.45) is 1.44. The lowest BCUT2D eigenvalue weighted by molar-refractivity contribution is -0.140. The van der Waals surface area contributed by atoms with E-state index < -0.39 is 28.5 Å². The van der Waals surface area contributed by atoms with Crippen molar-refractivity contribution >= 4 is 39.1 Å². The van der Waals surface area contributed by atoms with Gasteiger partial charge in [-0.2, -0.15) is 0 Å². The molecule has 0 radical (unpaired) electrons. The summed E-state index contributed by atoms with van der Waals surface area (Å²) >= 11 is 6.11. The first kappa shape index (κ1) is 26.7. The van der Waals surface area contributed by atoms with Crippen molar-refractivity contribution in [3.05, 3.63) is 64.2 Å². The zero-order valence-corrected chi connectivity index (χ0v) is 21.3. The molecule has 0 aliphatic heterocycles. The average molecular weight is 494 g/mol. The minimum atomic E-state index is -3.80. The summed E-state index contributed by atoms with van der Waals surface area (Å²) in [6, 6.07) is 11.8. The van der Waals surface area contributed by atoms with Crippen molar-refractivity contribution in [1.29, 1.82) is 0 Å². The van der Waals surface area contributed by atoms with E-state index in [1.165, 1.54) is 11.0 Å². The highest BCUT2D eigenvalue weighted by molar-refractivity contribution is 7.92. The zero-order chi connectivity index (χ0) is 24.8. The average Bonchev–Trinajstić information content (AvgIpc) is 2.74. The number of anilines is 1. The van der Waals surface area contributed by atoms with E-state index in [1.54, 1.807) is 19.1 Å². The number of halogens is 1. The zero-order valence-electron chi connectivity index (χ0n) is 19.8. The Balaban J connectivity index is 2.49. The highest BCUT2D eigenvalue weighted by Crippen LogP contribution is 2.27. The first-order chi connectivity index (χ1) is 15.5. The van der Waals surface area contributed by atoms with Gasteiger partial charge in [-0.05, 0) is 56.0 Å². The fourth-order valence-corrected chi connectivity index (χ4v) is 4.69. The number of likely N-dealkylation sites (N-methyl/N-ethyl adjacent to an activating group) is 1. The van der Waals surface area contributed by atoms with Crippen molar-refractivity contribution in [2.24, 2.45) is 0 Å². The molecule has 1 N–H and O–H groups in total. The molecule has 0 fully saturated rings. The maximum atomic E-state index is 13.6. The lowest BCUT2D eigenvalue weighted by Crippen LogP contribution is -2.52. The quantitative estimate of drug-likeness (QED) is 0.547. The molecule has 2 aromatic rings. The number of sulfonamides is 1. The van der Waals surface area contributed by atoms with Crippen LogP contribution >= 0.6 is 11.6 Å². The Morgan fingerprint density at radius 3 is 2.30 bits per heavy atom. The lowest BCUT2D eigenvalue weighted by atomic mass is 10.1. The van der Waals surface area contributed by atoms with Gasteiger partial charge in [0.1, 0.15) is 12.6 Å². The lowest BCUT2D eigenvalue weighted by Gasteiger charge is -2.33. The normalized spacial score (nSPS) is 12.2. The van der Waals surface area contributed by atoms with E-state index in [0.29, 0.717) is 29.2 Å². The number of benzene rings is 2. The Morgan fingerprint density at radius 1 is 1.06 bits per heavy atom. The second-order valence-electron chi connectivity index (χ2n) is 7.97. The highest BCUT2D eigenvalue weighted by Gasteiger charge is 2.32. The Bertz CT molecular complexity index is 1100. The van der Waals surface area contributed by atoms with Gasteiger partial charge in [-0.1, -0.05) is 48.9 Å². The fraction of sp³-hybridized carbons (Fsp3) is 0.417. The summed E-state index contributed by atoms with van der Waals surface area (Å²) in [6.45, 7) is 7.50. The molecule has 33 heavy (non-hydrogen) atoms. The minimum absolute atomic E-state index is 0.188. The molecular weight excluding hydrogens is 462 g/mol. The summed E-state index contributed by atoms with van der Waals surface area (Å²) < 4.78 is 26.4. The SMILES string of the molecule is CCNC(=O)[C@@H](CC)N(Cc1ccccc1C)C(=O)CN(c1cc(Cl)ccc1C)S(C)(=O)=O. The molecule has 1 atom stereocenters. The molecule has 0 aliphatic carbocycles. The number of nitrogens with zero attached hydrogens (tertiary/aromatic N) is 2. The number of hydrogen-bond acceptors (Lipinski definition) is 4. The van der Waals surface area contributed by atoms with Crippen LogP contribution < -0.4 is 9.62 Å². The monoisotopic (exact) mass is 493 g/mol. The van der Waals surface area contributed by atoms with E-state index in [9.17, 15) is 18.0 Å².